The molecule has 3 rings (SSSR count). The first-order valence-electron chi connectivity index (χ1n) is 7.94. The topological polar surface area (TPSA) is 15.3 Å². The summed E-state index contributed by atoms with van der Waals surface area (Å²) in [5.74, 6) is 0.609. The van der Waals surface area contributed by atoms with E-state index >= 15 is 0 Å². The molecule has 0 bridgehead atoms. The molecule has 0 radical (unpaired) electrons. The fraction of sp³-hybridized carbons (Fsp3) is 0.647. The predicted molar refractivity (Wildman–Crippen MR) is 81.5 cm³/mol. The van der Waals surface area contributed by atoms with Gasteiger partial charge in [-0.05, 0) is 50.7 Å². The molecular formula is C17H25FN2. The Labute approximate surface area is 121 Å². The van der Waals surface area contributed by atoms with Crippen LogP contribution in [-0.2, 0) is 6.54 Å². The number of nitrogens with zero attached hydrogens (tertiary/aromatic N) is 1. The van der Waals surface area contributed by atoms with Crippen molar-refractivity contribution < 1.29 is 4.39 Å². The summed E-state index contributed by atoms with van der Waals surface area (Å²) in [6, 6.07) is 6.62. The Morgan fingerprint density at radius 1 is 1.25 bits per heavy atom. The van der Waals surface area contributed by atoms with Gasteiger partial charge in [0, 0.05) is 36.4 Å². The highest BCUT2D eigenvalue weighted by atomic mass is 19.1. The third-order valence-electron chi connectivity index (χ3n) is 4.92. The number of nitrogens with one attached hydrogen (secondary N) is 1. The number of benzene rings is 1. The Morgan fingerprint density at radius 2 is 2.05 bits per heavy atom. The first-order chi connectivity index (χ1) is 9.66. The molecule has 1 N–H and O–H groups in total. The van der Waals surface area contributed by atoms with Crippen LogP contribution in [0.4, 0.5) is 10.1 Å². The average molecular weight is 276 g/mol. The van der Waals surface area contributed by atoms with Crippen molar-refractivity contribution in [2.75, 3.05) is 11.4 Å². The molecule has 1 saturated carbocycles. The van der Waals surface area contributed by atoms with Crippen LogP contribution in [0, 0.1) is 11.7 Å². The van der Waals surface area contributed by atoms with Gasteiger partial charge in [-0.1, -0.05) is 13.0 Å². The molecule has 1 aromatic rings. The van der Waals surface area contributed by atoms with E-state index in [4.69, 9.17) is 0 Å². The van der Waals surface area contributed by atoms with E-state index < -0.39 is 0 Å². The molecule has 2 atom stereocenters. The summed E-state index contributed by atoms with van der Waals surface area (Å²) in [5.41, 5.74) is 1.94. The van der Waals surface area contributed by atoms with Crippen LogP contribution in [-0.4, -0.2) is 18.6 Å². The molecular weight excluding hydrogens is 251 g/mol. The van der Waals surface area contributed by atoms with Crippen LogP contribution in [0.15, 0.2) is 18.2 Å². The van der Waals surface area contributed by atoms with Gasteiger partial charge in [-0.25, -0.2) is 4.39 Å². The second-order valence-electron chi connectivity index (χ2n) is 6.45. The average Bonchev–Trinajstić information content (AvgIpc) is 3.25. The largest absolute Gasteiger partial charge is 0.368 e. The van der Waals surface area contributed by atoms with Crippen molar-refractivity contribution in [2.24, 2.45) is 5.92 Å². The first-order valence-corrected chi connectivity index (χ1v) is 7.94. The lowest BCUT2D eigenvalue weighted by Gasteiger charge is -2.40. The summed E-state index contributed by atoms with van der Waals surface area (Å²) >= 11 is 0. The van der Waals surface area contributed by atoms with Crippen molar-refractivity contribution in [2.45, 2.75) is 58.2 Å². The minimum Gasteiger partial charge on any atom is -0.368 e. The van der Waals surface area contributed by atoms with Gasteiger partial charge in [-0.15, -0.1) is 0 Å². The van der Waals surface area contributed by atoms with Crippen LogP contribution < -0.4 is 10.2 Å². The molecule has 1 heterocycles. The van der Waals surface area contributed by atoms with Gasteiger partial charge >= 0.3 is 0 Å². The predicted octanol–water partition coefficient (Wildman–Crippen LogP) is 3.70. The maximum atomic E-state index is 14.2. The standard InChI is InChI=1S/C17H25FN2/c1-12-5-4-10-20(13(12)2)17-7-3-6-16(18)15(17)11-19-14-8-9-14/h3,6-7,12-14,19H,4-5,8-11H2,1-2H3. The minimum atomic E-state index is -0.0684. The van der Waals surface area contributed by atoms with Crippen LogP contribution in [0.2, 0.25) is 0 Å². The second kappa shape index (κ2) is 5.72. The van der Waals surface area contributed by atoms with Gasteiger partial charge < -0.3 is 10.2 Å². The Kier molecular flexibility index (Phi) is 3.97. The lowest BCUT2D eigenvalue weighted by atomic mass is 9.91. The smallest absolute Gasteiger partial charge is 0.129 e. The molecule has 1 aliphatic carbocycles. The van der Waals surface area contributed by atoms with Crippen molar-refractivity contribution in [3.63, 3.8) is 0 Å². The number of rotatable bonds is 4. The summed E-state index contributed by atoms with van der Waals surface area (Å²) in [5, 5.41) is 3.45. The molecule has 2 fully saturated rings. The van der Waals surface area contributed by atoms with E-state index in [9.17, 15) is 4.39 Å². The molecule has 2 nitrogen and oxygen atoms in total. The molecule has 110 valence electrons. The molecule has 20 heavy (non-hydrogen) atoms. The minimum absolute atomic E-state index is 0.0684. The summed E-state index contributed by atoms with van der Waals surface area (Å²) < 4.78 is 14.2. The lowest BCUT2D eigenvalue weighted by Crippen LogP contribution is -2.43. The van der Waals surface area contributed by atoms with Gasteiger partial charge in [0.1, 0.15) is 5.82 Å². The zero-order chi connectivity index (χ0) is 14.1. The number of hydrogen-bond donors (Lipinski definition) is 1. The summed E-state index contributed by atoms with van der Waals surface area (Å²) in [7, 11) is 0. The molecule has 1 aromatic carbocycles. The van der Waals surface area contributed by atoms with Crippen LogP contribution in [0.5, 0.6) is 0 Å². The van der Waals surface area contributed by atoms with Crippen molar-refractivity contribution in [3.05, 3.63) is 29.6 Å². The molecule has 3 heteroatoms. The molecule has 0 aromatic heterocycles. The Morgan fingerprint density at radius 3 is 2.80 bits per heavy atom. The van der Waals surface area contributed by atoms with Gasteiger partial charge in [-0.3, -0.25) is 0 Å². The number of halogens is 1. The SMILES string of the molecule is CC1CCCN(c2cccc(F)c2CNC2CC2)C1C. The first kappa shape index (κ1) is 13.9. The van der Waals surface area contributed by atoms with Crippen molar-refractivity contribution in [1.82, 2.24) is 5.32 Å². The molecule has 2 aliphatic rings. The Balaban J connectivity index is 1.84. The maximum absolute atomic E-state index is 14.2. The van der Waals surface area contributed by atoms with E-state index in [-0.39, 0.29) is 5.82 Å². The van der Waals surface area contributed by atoms with E-state index in [1.54, 1.807) is 6.07 Å². The van der Waals surface area contributed by atoms with Gasteiger partial charge in [0.25, 0.3) is 0 Å². The zero-order valence-electron chi connectivity index (χ0n) is 12.5. The number of piperidine rings is 1. The van der Waals surface area contributed by atoms with E-state index in [0.717, 1.165) is 17.8 Å². The van der Waals surface area contributed by atoms with Gasteiger partial charge in [0.15, 0.2) is 0 Å². The lowest BCUT2D eigenvalue weighted by molar-refractivity contribution is 0.362. The normalized spacial score (nSPS) is 26.9. The maximum Gasteiger partial charge on any atom is 0.129 e. The molecule has 0 amide bonds. The van der Waals surface area contributed by atoms with E-state index in [2.05, 4.69) is 30.1 Å². The molecule has 0 spiro atoms. The molecule has 1 saturated heterocycles. The zero-order valence-corrected chi connectivity index (χ0v) is 12.5. The number of hydrogen-bond acceptors (Lipinski definition) is 2. The summed E-state index contributed by atoms with van der Waals surface area (Å²) in [6.45, 7) is 6.28. The third-order valence-corrected chi connectivity index (χ3v) is 4.92. The molecule has 2 unspecified atom stereocenters. The van der Waals surface area contributed by atoms with E-state index in [0.29, 0.717) is 24.5 Å². The van der Waals surface area contributed by atoms with E-state index in [1.165, 1.54) is 25.7 Å². The fourth-order valence-electron chi connectivity index (χ4n) is 3.20. The highest BCUT2D eigenvalue weighted by Gasteiger charge is 2.28. The summed E-state index contributed by atoms with van der Waals surface area (Å²) in [6.07, 6.45) is 4.96. The highest BCUT2D eigenvalue weighted by molar-refractivity contribution is 5.55. The van der Waals surface area contributed by atoms with Crippen molar-refractivity contribution in [3.8, 4) is 0 Å². The van der Waals surface area contributed by atoms with Crippen LogP contribution in [0.3, 0.4) is 0 Å². The Bertz CT molecular complexity index is 470. The van der Waals surface area contributed by atoms with Crippen LogP contribution in [0.1, 0.15) is 45.1 Å². The van der Waals surface area contributed by atoms with E-state index in [1.807, 2.05) is 6.07 Å². The van der Waals surface area contributed by atoms with Crippen molar-refractivity contribution >= 4 is 5.69 Å². The van der Waals surface area contributed by atoms with Crippen LogP contribution in [0.25, 0.3) is 0 Å². The third kappa shape index (κ3) is 2.83. The highest BCUT2D eigenvalue weighted by Crippen LogP contribution is 2.32. The van der Waals surface area contributed by atoms with Crippen molar-refractivity contribution in [1.29, 1.82) is 0 Å². The summed E-state index contributed by atoms with van der Waals surface area (Å²) in [4.78, 5) is 2.40. The fourth-order valence-corrected chi connectivity index (χ4v) is 3.20. The monoisotopic (exact) mass is 276 g/mol. The van der Waals surface area contributed by atoms with Gasteiger partial charge in [-0.2, -0.15) is 0 Å². The second-order valence-corrected chi connectivity index (χ2v) is 6.45. The van der Waals surface area contributed by atoms with Crippen LogP contribution >= 0.6 is 0 Å². The van der Waals surface area contributed by atoms with Gasteiger partial charge in [0.05, 0.1) is 0 Å². The Hall–Kier alpha value is -1.09. The number of anilines is 1. The quantitative estimate of drug-likeness (QED) is 0.902. The van der Waals surface area contributed by atoms with Gasteiger partial charge in [0.2, 0.25) is 0 Å². The molecule has 1 aliphatic heterocycles.